The van der Waals surface area contributed by atoms with E-state index in [-0.39, 0.29) is 17.7 Å². The Morgan fingerprint density at radius 2 is 1.68 bits per heavy atom. The molecule has 4 bridgehead atoms. The first kappa shape index (κ1) is 12.0. The van der Waals surface area contributed by atoms with Crippen molar-refractivity contribution in [1.29, 1.82) is 0 Å². The van der Waals surface area contributed by atoms with Crippen LogP contribution in [0, 0.1) is 17.8 Å². The molecule has 2 N–H and O–H groups in total. The molecule has 0 radical (unpaired) electrons. The van der Waals surface area contributed by atoms with Gasteiger partial charge in [0.05, 0.1) is 6.10 Å². The summed E-state index contributed by atoms with van der Waals surface area (Å²) in [5, 5.41) is 12.9. The van der Waals surface area contributed by atoms with Crippen molar-refractivity contribution in [3.63, 3.8) is 0 Å². The molecule has 5 rings (SSSR count). The predicted octanol–water partition coefficient (Wildman–Crippen LogP) is 1.73. The molecular formula is C15H24N2O2. The summed E-state index contributed by atoms with van der Waals surface area (Å²) in [5.41, 5.74) is 0.0966. The normalized spacial score (nSPS) is 47.7. The molecule has 1 saturated heterocycles. The Morgan fingerprint density at radius 1 is 1.11 bits per heavy atom. The number of carbonyl (C=O) groups excluding carboxylic acids is 1. The van der Waals surface area contributed by atoms with Crippen molar-refractivity contribution in [2.24, 2.45) is 17.8 Å². The zero-order valence-corrected chi connectivity index (χ0v) is 11.5. The minimum absolute atomic E-state index is 0.0681. The zero-order chi connectivity index (χ0) is 13.0. The van der Waals surface area contributed by atoms with Crippen LogP contribution in [0.25, 0.3) is 0 Å². The number of nitrogens with zero attached hydrogens (tertiary/aromatic N) is 1. The highest BCUT2D eigenvalue weighted by Crippen LogP contribution is 2.55. The van der Waals surface area contributed by atoms with Gasteiger partial charge < -0.3 is 15.3 Å². The van der Waals surface area contributed by atoms with E-state index in [0.29, 0.717) is 13.1 Å². The smallest absolute Gasteiger partial charge is 0.317 e. The number of aliphatic hydroxyl groups is 1. The number of rotatable bonds is 1. The lowest BCUT2D eigenvalue weighted by Crippen LogP contribution is -2.61. The Balaban J connectivity index is 1.46. The fourth-order valence-electron chi connectivity index (χ4n) is 5.50. The lowest BCUT2D eigenvalue weighted by atomic mass is 9.53. The van der Waals surface area contributed by atoms with Gasteiger partial charge in [-0.2, -0.15) is 0 Å². The molecule has 4 aliphatic carbocycles. The van der Waals surface area contributed by atoms with Crippen LogP contribution in [-0.4, -0.2) is 40.8 Å². The average molecular weight is 264 g/mol. The van der Waals surface area contributed by atoms with E-state index in [4.69, 9.17) is 0 Å². The summed E-state index contributed by atoms with van der Waals surface area (Å²) in [6.45, 7) is 1.22. The van der Waals surface area contributed by atoms with E-state index in [1.807, 2.05) is 0 Å². The molecule has 19 heavy (non-hydrogen) atoms. The van der Waals surface area contributed by atoms with E-state index in [1.54, 1.807) is 4.90 Å². The summed E-state index contributed by atoms with van der Waals surface area (Å²) in [6.07, 6.45) is 8.20. The van der Waals surface area contributed by atoms with E-state index in [2.05, 4.69) is 5.32 Å². The van der Waals surface area contributed by atoms with Crippen molar-refractivity contribution in [3.8, 4) is 0 Å². The van der Waals surface area contributed by atoms with Crippen molar-refractivity contribution in [3.05, 3.63) is 0 Å². The van der Waals surface area contributed by atoms with Crippen LogP contribution in [0.4, 0.5) is 4.79 Å². The second-order valence-electron chi connectivity index (χ2n) is 7.52. The average Bonchev–Trinajstić information content (AvgIpc) is 2.73. The van der Waals surface area contributed by atoms with Crippen LogP contribution >= 0.6 is 0 Å². The van der Waals surface area contributed by atoms with Crippen LogP contribution in [0.5, 0.6) is 0 Å². The van der Waals surface area contributed by atoms with Crippen molar-refractivity contribution in [1.82, 2.24) is 10.2 Å². The van der Waals surface area contributed by atoms with E-state index < -0.39 is 0 Å². The van der Waals surface area contributed by atoms with Gasteiger partial charge in [-0.3, -0.25) is 0 Å². The van der Waals surface area contributed by atoms with Gasteiger partial charge in [0.2, 0.25) is 0 Å². The van der Waals surface area contributed by atoms with Gasteiger partial charge in [0.15, 0.2) is 0 Å². The summed E-state index contributed by atoms with van der Waals surface area (Å²) in [5.74, 6) is 2.57. The highest BCUT2D eigenvalue weighted by atomic mass is 16.3. The van der Waals surface area contributed by atoms with Crippen LogP contribution in [-0.2, 0) is 0 Å². The van der Waals surface area contributed by atoms with Gasteiger partial charge in [-0.05, 0) is 62.7 Å². The van der Waals surface area contributed by atoms with Crippen LogP contribution in [0.15, 0.2) is 0 Å². The van der Waals surface area contributed by atoms with Crippen LogP contribution < -0.4 is 5.32 Å². The first-order chi connectivity index (χ1) is 9.12. The summed E-state index contributed by atoms with van der Waals surface area (Å²) < 4.78 is 0. The minimum atomic E-state index is -0.317. The summed E-state index contributed by atoms with van der Waals surface area (Å²) in [7, 11) is 0. The number of β-amino-alcohol motifs (C(OH)–C–C–N with tert-alkyl or cyclic N) is 1. The summed E-state index contributed by atoms with van der Waals surface area (Å²) in [6, 6.07) is 0.0681. The number of nitrogens with one attached hydrogen (secondary N) is 1. The van der Waals surface area contributed by atoms with Crippen LogP contribution in [0.3, 0.4) is 0 Å². The number of hydrogen-bond donors (Lipinski definition) is 2. The van der Waals surface area contributed by atoms with Crippen LogP contribution in [0.1, 0.15) is 44.9 Å². The fourth-order valence-corrected chi connectivity index (χ4v) is 5.50. The maximum atomic E-state index is 12.4. The Hall–Kier alpha value is -0.770. The summed E-state index contributed by atoms with van der Waals surface area (Å²) in [4.78, 5) is 14.2. The fraction of sp³-hybridized carbons (Fsp3) is 0.933. The van der Waals surface area contributed by atoms with Crippen molar-refractivity contribution < 1.29 is 9.90 Å². The molecule has 4 nitrogen and oxygen atoms in total. The van der Waals surface area contributed by atoms with Gasteiger partial charge in [-0.25, -0.2) is 4.79 Å². The largest absolute Gasteiger partial charge is 0.391 e. The number of carbonyl (C=O) groups is 1. The van der Waals surface area contributed by atoms with Crippen molar-refractivity contribution in [2.45, 2.75) is 56.6 Å². The maximum absolute atomic E-state index is 12.4. The Labute approximate surface area is 114 Å². The second-order valence-corrected chi connectivity index (χ2v) is 7.52. The number of aliphatic hydroxyl groups excluding tert-OH is 1. The lowest BCUT2D eigenvalue weighted by Gasteiger charge is -2.57. The Kier molecular flexibility index (Phi) is 2.60. The van der Waals surface area contributed by atoms with Crippen molar-refractivity contribution in [2.75, 3.05) is 13.1 Å². The molecule has 4 heteroatoms. The molecule has 1 aliphatic heterocycles. The van der Waals surface area contributed by atoms with E-state index in [0.717, 1.165) is 24.2 Å². The Bertz CT molecular complexity index is 360. The molecule has 2 amide bonds. The third-order valence-corrected chi connectivity index (χ3v) is 5.86. The number of amides is 2. The molecule has 1 atom stereocenters. The highest BCUT2D eigenvalue weighted by molar-refractivity contribution is 5.75. The third kappa shape index (κ3) is 2.04. The predicted molar refractivity (Wildman–Crippen MR) is 71.6 cm³/mol. The Morgan fingerprint density at radius 3 is 2.16 bits per heavy atom. The van der Waals surface area contributed by atoms with E-state index >= 15 is 0 Å². The quantitative estimate of drug-likeness (QED) is 0.758. The third-order valence-electron chi connectivity index (χ3n) is 5.86. The van der Waals surface area contributed by atoms with Crippen LogP contribution in [0.2, 0.25) is 0 Å². The van der Waals surface area contributed by atoms with Gasteiger partial charge in [0.25, 0.3) is 0 Å². The molecule has 5 aliphatic rings. The molecule has 4 saturated carbocycles. The molecular weight excluding hydrogens is 240 g/mol. The molecule has 1 heterocycles. The second kappa shape index (κ2) is 4.11. The molecule has 5 fully saturated rings. The number of likely N-dealkylation sites (tertiary alicyclic amines) is 1. The van der Waals surface area contributed by atoms with E-state index in [1.165, 1.54) is 38.5 Å². The first-order valence-electron chi connectivity index (χ1n) is 7.87. The molecule has 106 valence electrons. The SMILES string of the molecule is O=C(NC12CC3CC(CC(C3)C1)C2)N1CC[C@H](O)C1. The molecule has 0 aromatic heterocycles. The van der Waals surface area contributed by atoms with Gasteiger partial charge in [0.1, 0.15) is 0 Å². The van der Waals surface area contributed by atoms with Crippen molar-refractivity contribution >= 4 is 6.03 Å². The molecule has 0 aromatic carbocycles. The lowest BCUT2D eigenvalue weighted by molar-refractivity contribution is -0.0154. The topological polar surface area (TPSA) is 52.6 Å². The molecule has 0 aromatic rings. The van der Waals surface area contributed by atoms with Gasteiger partial charge in [-0.15, -0.1) is 0 Å². The standard InChI is InChI=1S/C15H24N2O2/c18-13-1-2-17(9-13)14(19)16-15-6-10-3-11(7-15)5-12(4-10)8-15/h10-13,18H,1-9H2,(H,16,19)/t10?,11?,12?,13-,15?/m0/s1. The van der Waals surface area contributed by atoms with E-state index in [9.17, 15) is 9.90 Å². The molecule has 0 spiro atoms. The number of hydrogen-bond acceptors (Lipinski definition) is 2. The zero-order valence-electron chi connectivity index (χ0n) is 11.5. The van der Waals surface area contributed by atoms with Gasteiger partial charge in [-0.1, -0.05) is 0 Å². The first-order valence-corrected chi connectivity index (χ1v) is 7.87. The van der Waals surface area contributed by atoms with Gasteiger partial charge in [0, 0.05) is 18.6 Å². The number of urea groups is 1. The maximum Gasteiger partial charge on any atom is 0.317 e. The molecule has 0 unspecified atom stereocenters. The highest BCUT2D eigenvalue weighted by Gasteiger charge is 2.51. The monoisotopic (exact) mass is 264 g/mol. The van der Waals surface area contributed by atoms with Gasteiger partial charge >= 0.3 is 6.03 Å². The summed E-state index contributed by atoms with van der Waals surface area (Å²) >= 11 is 0. The minimum Gasteiger partial charge on any atom is -0.391 e.